The summed E-state index contributed by atoms with van der Waals surface area (Å²) in [5.41, 5.74) is 1.32. The summed E-state index contributed by atoms with van der Waals surface area (Å²) in [6, 6.07) is 8.94. The van der Waals surface area contributed by atoms with Gasteiger partial charge in [0.2, 0.25) is 0 Å². The van der Waals surface area contributed by atoms with Crippen molar-refractivity contribution >= 4 is 60.8 Å². The van der Waals surface area contributed by atoms with E-state index in [1.165, 1.54) is 24.3 Å². The third kappa shape index (κ3) is 3.96. The summed E-state index contributed by atoms with van der Waals surface area (Å²) in [6.45, 7) is 0.0885. The lowest BCUT2D eigenvalue weighted by Crippen LogP contribution is -2.27. The van der Waals surface area contributed by atoms with Gasteiger partial charge in [0.15, 0.2) is 0 Å². The Kier molecular flexibility index (Phi) is 5.31. The molecule has 25 heavy (non-hydrogen) atoms. The van der Waals surface area contributed by atoms with Gasteiger partial charge in [-0.3, -0.25) is 14.5 Å². The monoisotopic (exact) mass is 485 g/mol. The van der Waals surface area contributed by atoms with Crippen molar-refractivity contribution in [3.8, 4) is 5.75 Å². The van der Waals surface area contributed by atoms with Crippen LogP contribution in [0.5, 0.6) is 5.75 Å². The number of rotatable bonds is 3. The minimum atomic E-state index is -0.403. The Morgan fingerprint density at radius 1 is 1.12 bits per heavy atom. The number of phenols is 1. The topological polar surface area (TPSA) is 57.6 Å². The predicted octanol–water partition coefficient (Wildman–Crippen LogP) is 5.29. The molecule has 2 aromatic carbocycles. The maximum absolute atomic E-state index is 13.0. The molecule has 128 valence electrons. The predicted molar refractivity (Wildman–Crippen MR) is 101 cm³/mol. The summed E-state index contributed by atoms with van der Waals surface area (Å²) in [5, 5.41) is 9.36. The zero-order chi connectivity index (χ0) is 18.1. The standard InChI is InChI=1S/C17H10Br2FNO3S/c18-12-5-10(6-13(19)15(12)22)7-14-16(23)21(17(24)25-14)8-9-1-3-11(20)4-2-9/h1-7,22H,8H2. The smallest absolute Gasteiger partial charge is 0.293 e. The Morgan fingerprint density at radius 2 is 1.72 bits per heavy atom. The van der Waals surface area contributed by atoms with E-state index in [-0.39, 0.29) is 28.3 Å². The number of benzene rings is 2. The van der Waals surface area contributed by atoms with E-state index in [1.54, 1.807) is 18.2 Å². The van der Waals surface area contributed by atoms with Crippen molar-refractivity contribution in [2.75, 3.05) is 0 Å². The van der Waals surface area contributed by atoms with Crippen LogP contribution < -0.4 is 0 Å². The fourth-order valence-electron chi connectivity index (χ4n) is 2.23. The lowest BCUT2D eigenvalue weighted by molar-refractivity contribution is -0.123. The number of hydrogen-bond acceptors (Lipinski definition) is 4. The number of phenolic OH excluding ortho intramolecular Hbond substituents is 1. The van der Waals surface area contributed by atoms with E-state index in [0.717, 1.165) is 16.7 Å². The molecular formula is C17H10Br2FNO3S. The van der Waals surface area contributed by atoms with Gasteiger partial charge in [-0.25, -0.2) is 4.39 Å². The quantitative estimate of drug-likeness (QED) is 0.598. The molecule has 0 unspecified atom stereocenters. The minimum absolute atomic E-state index is 0.0570. The minimum Gasteiger partial charge on any atom is -0.506 e. The number of imide groups is 1. The molecule has 0 bridgehead atoms. The van der Waals surface area contributed by atoms with Crippen LogP contribution in [0.4, 0.5) is 9.18 Å². The van der Waals surface area contributed by atoms with Crippen molar-refractivity contribution in [1.29, 1.82) is 0 Å². The number of hydrogen-bond donors (Lipinski definition) is 1. The molecule has 0 spiro atoms. The van der Waals surface area contributed by atoms with Crippen LogP contribution in [0.15, 0.2) is 50.2 Å². The Bertz CT molecular complexity index is 876. The highest BCUT2D eigenvalue weighted by Gasteiger charge is 2.35. The fourth-order valence-corrected chi connectivity index (χ4v) is 4.29. The van der Waals surface area contributed by atoms with Crippen LogP contribution in [0, 0.1) is 5.82 Å². The third-order valence-corrected chi connectivity index (χ3v) is 5.58. The molecule has 2 amide bonds. The van der Waals surface area contributed by atoms with Crippen LogP contribution in [0.1, 0.15) is 11.1 Å². The first-order valence-corrected chi connectivity index (χ1v) is 9.43. The second-order valence-corrected chi connectivity index (χ2v) is 7.93. The van der Waals surface area contributed by atoms with Crippen molar-refractivity contribution in [3.05, 3.63) is 67.2 Å². The molecule has 8 heteroatoms. The van der Waals surface area contributed by atoms with E-state index in [2.05, 4.69) is 31.9 Å². The van der Waals surface area contributed by atoms with Gasteiger partial charge in [0.25, 0.3) is 11.1 Å². The van der Waals surface area contributed by atoms with Crippen LogP contribution in [-0.4, -0.2) is 21.2 Å². The van der Waals surface area contributed by atoms with Crippen molar-refractivity contribution in [3.63, 3.8) is 0 Å². The molecule has 4 nitrogen and oxygen atoms in total. The second kappa shape index (κ2) is 7.31. The van der Waals surface area contributed by atoms with E-state index >= 15 is 0 Å². The molecule has 0 saturated carbocycles. The highest BCUT2D eigenvalue weighted by atomic mass is 79.9. The zero-order valence-electron chi connectivity index (χ0n) is 12.5. The van der Waals surface area contributed by atoms with E-state index in [4.69, 9.17) is 0 Å². The van der Waals surface area contributed by atoms with Gasteiger partial charge in [0.05, 0.1) is 20.4 Å². The molecule has 1 fully saturated rings. The molecule has 1 N–H and O–H groups in total. The Morgan fingerprint density at radius 3 is 2.32 bits per heavy atom. The molecule has 1 saturated heterocycles. The summed E-state index contributed by atoms with van der Waals surface area (Å²) in [5.74, 6) is -0.720. The normalized spacial score (nSPS) is 16.1. The summed E-state index contributed by atoms with van der Waals surface area (Å²) in [4.78, 5) is 26.0. The number of nitrogens with zero attached hydrogens (tertiary/aromatic N) is 1. The van der Waals surface area contributed by atoms with Crippen LogP contribution in [-0.2, 0) is 11.3 Å². The van der Waals surface area contributed by atoms with Crippen molar-refractivity contribution in [1.82, 2.24) is 4.90 Å². The van der Waals surface area contributed by atoms with Gasteiger partial charge in [0.1, 0.15) is 11.6 Å². The van der Waals surface area contributed by atoms with Crippen molar-refractivity contribution in [2.24, 2.45) is 0 Å². The zero-order valence-corrected chi connectivity index (χ0v) is 16.5. The molecule has 0 aliphatic carbocycles. The van der Waals surface area contributed by atoms with Crippen LogP contribution in [0.25, 0.3) is 6.08 Å². The van der Waals surface area contributed by atoms with Gasteiger partial charge < -0.3 is 5.11 Å². The Hall–Kier alpha value is -1.64. The van der Waals surface area contributed by atoms with E-state index < -0.39 is 5.91 Å². The highest BCUT2D eigenvalue weighted by molar-refractivity contribution is 9.11. The average molecular weight is 487 g/mol. The summed E-state index contributed by atoms with van der Waals surface area (Å²) in [6.07, 6.45) is 1.59. The van der Waals surface area contributed by atoms with E-state index in [9.17, 15) is 19.1 Å². The molecular weight excluding hydrogens is 477 g/mol. The molecule has 1 aliphatic heterocycles. The number of aromatic hydroxyl groups is 1. The average Bonchev–Trinajstić information content (AvgIpc) is 2.82. The summed E-state index contributed by atoms with van der Waals surface area (Å²) >= 11 is 7.30. The van der Waals surface area contributed by atoms with Gasteiger partial charge in [-0.05, 0) is 85.1 Å². The summed E-state index contributed by atoms with van der Waals surface area (Å²) < 4.78 is 13.9. The first kappa shape index (κ1) is 18.2. The van der Waals surface area contributed by atoms with Gasteiger partial charge in [-0.15, -0.1) is 0 Å². The van der Waals surface area contributed by atoms with Crippen LogP contribution in [0.2, 0.25) is 0 Å². The molecule has 0 atom stereocenters. The maximum Gasteiger partial charge on any atom is 0.293 e. The molecule has 0 radical (unpaired) electrons. The SMILES string of the molecule is O=C1SC(=Cc2cc(Br)c(O)c(Br)c2)C(=O)N1Cc1ccc(F)cc1. The molecule has 1 heterocycles. The largest absolute Gasteiger partial charge is 0.506 e. The maximum atomic E-state index is 13.0. The number of halogens is 3. The van der Waals surface area contributed by atoms with Gasteiger partial charge in [-0.1, -0.05) is 12.1 Å². The molecule has 0 aromatic heterocycles. The second-order valence-electron chi connectivity index (χ2n) is 5.23. The Balaban J connectivity index is 1.84. The number of carbonyl (C=O) groups is 2. The molecule has 1 aliphatic rings. The first-order chi connectivity index (χ1) is 11.8. The number of carbonyl (C=O) groups excluding carboxylic acids is 2. The van der Waals surface area contributed by atoms with Crippen LogP contribution >= 0.6 is 43.6 Å². The number of thioether (sulfide) groups is 1. The van der Waals surface area contributed by atoms with Crippen molar-refractivity contribution < 1.29 is 19.1 Å². The van der Waals surface area contributed by atoms with Gasteiger partial charge in [0, 0.05) is 0 Å². The van der Waals surface area contributed by atoms with E-state index in [0.29, 0.717) is 20.1 Å². The van der Waals surface area contributed by atoms with Crippen molar-refractivity contribution in [2.45, 2.75) is 6.54 Å². The lowest BCUT2D eigenvalue weighted by atomic mass is 10.2. The summed E-state index contributed by atoms with van der Waals surface area (Å²) in [7, 11) is 0. The van der Waals surface area contributed by atoms with E-state index in [1.807, 2.05) is 0 Å². The fraction of sp³-hybridized carbons (Fsp3) is 0.0588. The highest BCUT2D eigenvalue weighted by Crippen LogP contribution is 2.37. The lowest BCUT2D eigenvalue weighted by Gasteiger charge is -2.12. The molecule has 3 rings (SSSR count). The van der Waals surface area contributed by atoms with Gasteiger partial charge >= 0.3 is 0 Å². The Labute approximate surface area is 164 Å². The van der Waals surface area contributed by atoms with Crippen LogP contribution in [0.3, 0.4) is 0 Å². The number of amides is 2. The third-order valence-electron chi connectivity index (χ3n) is 3.46. The first-order valence-electron chi connectivity index (χ1n) is 7.03. The molecule has 2 aromatic rings. The van der Waals surface area contributed by atoms with Gasteiger partial charge in [-0.2, -0.15) is 0 Å².